The van der Waals surface area contributed by atoms with Crippen molar-refractivity contribution in [2.24, 2.45) is 0 Å². The fourth-order valence-electron chi connectivity index (χ4n) is 4.13. The van der Waals surface area contributed by atoms with E-state index < -0.39 is 12.1 Å². The predicted octanol–water partition coefficient (Wildman–Crippen LogP) is 5.77. The molecule has 1 aliphatic rings. The van der Waals surface area contributed by atoms with E-state index in [9.17, 15) is 9.90 Å². The molecule has 0 bridgehead atoms. The molecule has 1 aliphatic carbocycles. The second kappa shape index (κ2) is 9.84. The summed E-state index contributed by atoms with van der Waals surface area (Å²) in [6.07, 6.45) is 2.59. The van der Waals surface area contributed by atoms with Crippen molar-refractivity contribution in [3.8, 4) is 16.9 Å². The Hall–Kier alpha value is -3.37. The molecule has 0 aliphatic heterocycles. The van der Waals surface area contributed by atoms with E-state index in [1.54, 1.807) is 6.92 Å². The molecule has 4 rings (SSSR count). The Balaban J connectivity index is 1.35. The van der Waals surface area contributed by atoms with Crippen molar-refractivity contribution in [3.05, 3.63) is 95.1 Å². The number of ether oxygens (including phenoxy) is 2. The number of benzene rings is 3. The number of carbonyl (C=O) groups is 1. The van der Waals surface area contributed by atoms with Crippen LogP contribution in [0.2, 0.25) is 0 Å². The molecule has 0 saturated heterocycles. The molecular weight excluding hydrogens is 400 g/mol. The lowest BCUT2D eigenvalue weighted by Gasteiger charge is -2.12. The van der Waals surface area contributed by atoms with Crippen molar-refractivity contribution >= 4 is 11.5 Å². The third-order valence-corrected chi connectivity index (χ3v) is 5.88. The first-order valence-corrected chi connectivity index (χ1v) is 11.0. The average molecular weight is 429 g/mol. The minimum Gasteiger partial charge on any atom is -0.490 e. The second-order valence-electron chi connectivity index (χ2n) is 8.03. The van der Waals surface area contributed by atoms with Crippen LogP contribution in [0.4, 0.5) is 0 Å². The summed E-state index contributed by atoms with van der Waals surface area (Å²) in [6.45, 7) is 4.75. The van der Waals surface area contributed by atoms with Gasteiger partial charge in [0.15, 0.2) is 6.10 Å². The summed E-state index contributed by atoms with van der Waals surface area (Å²) < 4.78 is 11.2. The smallest absolute Gasteiger partial charge is 0.333 e. The molecule has 4 nitrogen and oxygen atoms in total. The van der Waals surface area contributed by atoms with Crippen molar-refractivity contribution in [1.29, 1.82) is 0 Å². The van der Waals surface area contributed by atoms with Crippen LogP contribution < -0.4 is 4.74 Å². The van der Waals surface area contributed by atoms with Crippen molar-refractivity contribution in [2.75, 3.05) is 13.2 Å². The molecule has 3 aromatic carbocycles. The minimum atomic E-state index is -0.941. The zero-order valence-electron chi connectivity index (χ0n) is 18.5. The fourth-order valence-corrected chi connectivity index (χ4v) is 4.13. The van der Waals surface area contributed by atoms with Gasteiger partial charge >= 0.3 is 5.97 Å². The molecule has 0 spiro atoms. The van der Waals surface area contributed by atoms with E-state index in [1.807, 2.05) is 24.3 Å². The topological polar surface area (TPSA) is 55.8 Å². The highest BCUT2D eigenvalue weighted by Crippen LogP contribution is 2.37. The molecule has 0 heterocycles. The highest BCUT2D eigenvalue weighted by atomic mass is 16.5. The lowest BCUT2D eigenvalue weighted by molar-refractivity contribution is -0.149. The number of carboxylic acid groups (broad SMARTS) is 1. The first-order chi connectivity index (χ1) is 15.5. The zero-order valence-corrected chi connectivity index (χ0v) is 18.5. The molecule has 1 N–H and O–H groups in total. The van der Waals surface area contributed by atoms with Gasteiger partial charge in [-0.05, 0) is 77.4 Å². The van der Waals surface area contributed by atoms with E-state index in [-0.39, 0.29) is 0 Å². The average Bonchev–Trinajstić information content (AvgIpc) is 3.17. The van der Waals surface area contributed by atoms with Gasteiger partial charge in [-0.3, -0.25) is 0 Å². The summed E-state index contributed by atoms with van der Waals surface area (Å²) in [5.41, 5.74) is 8.75. The second-order valence-corrected chi connectivity index (χ2v) is 8.03. The van der Waals surface area contributed by atoms with Gasteiger partial charge in [-0.1, -0.05) is 54.6 Å². The molecule has 1 unspecified atom stereocenters. The van der Waals surface area contributed by atoms with Crippen LogP contribution in [0.15, 0.2) is 72.8 Å². The Labute approximate surface area is 189 Å². The molecule has 32 heavy (non-hydrogen) atoms. The van der Waals surface area contributed by atoms with Crippen LogP contribution in [0.25, 0.3) is 16.7 Å². The van der Waals surface area contributed by atoms with E-state index in [1.165, 1.54) is 33.4 Å². The van der Waals surface area contributed by atoms with E-state index >= 15 is 0 Å². The van der Waals surface area contributed by atoms with E-state index in [4.69, 9.17) is 9.47 Å². The van der Waals surface area contributed by atoms with Crippen LogP contribution in [0, 0.1) is 0 Å². The molecule has 1 atom stereocenters. The highest BCUT2D eigenvalue weighted by molar-refractivity contribution is 5.79. The molecule has 0 saturated carbocycles. The van der Waals surface area contributed by atoms with Gasteiger partial charge in [0.1, 0.15) is 12.4 Å². The maximum atomic E-state index is 11.2. The van der Waals surface area contributed by atoms with Gasteiger partial charge in [0.05, 0.1) is 0 Å². The van der Waals surface area contributed by atoms with Crippen molar-refractivity contribution in [2.45, 2.75) is 32.8 Å². The standard InChI is InChI=1S/C28H28O4/c1-3-31-27(28(29)30)16-20-8-11-24(12-9-20)32-15-14-19(2)21-10-13-26-23(17-21)18-22-6-4-5-7-25(22)26/h4-14,17,27H,3,15-16,18H2,1-2H3,(H,29,30). The normalized spacial score (nSPS) is 13.4. The van der Waals surface area contributed by atoms with Crippen LogP contribution in [0.5, 0.6) is 5.75 Å². The largest absolute Gasteiger partial charge is 0.490 e. The summed E-state index contributed by atoms with van der Waals surface area (Å²) in [4.78, 5) is 11.2. The fraction of sp³-hybridized carbons (Fsp3) is 0.250. The zero-order chi connectivity index (χ0) is 22.5. The minimum absolute atomic E-state index is 0.338. The molecule has 4 heteroatoms. The first kappa shape index (κ1) is 21.8. The summed E-state index contributed by atoms with van der Waals surface area (Å²) in [6, 6.07) is 22.8. The molecule has 0 fully saturated rings. The van der Waals surface area contributed by atoms with Crippen molar-refractivity contribution < 1.29 is 19.4 Å². The Morgan fingerprint density at radius 3 is 2.53 bits per heavy atom. The van der Waals surface area contributed by atoms with Gasteiger partial charge in [-0.2, -0.15) is 0 Å². The van der Waals surface area contributed by atoms with Gasteiger partial charge in [-0.15, -0.1) is 0 Å². The molecule has 0 radical (unpaired) electrons. The number of rotatable bonds is 9. The van der Waals surface area contributed by atoms with Gasteiger partial charge in [0.25, 0.3) is 0 Å². The van der Waals surface area contributed by atoms with Crippen molar-refractivity contribution in [1.82, 2.24) is 0 Å². The lowest BCUT2D eigenvalue weighted by atomic mass is 10.00. The van der Waals surface area contributed by atoms with Gasteiger partial charge in [0.2, 0.25) is 0 Å². The van der Waals surface area contributed by atoms with Crippen molar-refractivity contribution in [3.63, 3.8) is 0 Å². The Kier molecular flexibility index (Phi) is 6.72. The lowest BCUT2D eigenvalue weighted by Crippen LogP contribution is -2.26. The number of hydrogen-bond donors (Lipinski definition) is 1. The Morgan fingerprint density at radius 1 is 1.03 bits per heavy atom. The number of hydrogen-bond acceptors (Lipinski definition) is 3. The number of carboxylic acids is 1. The third-order valence-electron chi connectivity index (χ3n) is 5.88. The summed E-state index contributed by atoms with van der Waals surface area (Å²) in [5.74, 6) is -0.186. The number of allylic oxidation sites excluding steroid dienone is 1. The monoisotopic (exact) mass is 428 g/mol. The molecule has 164 valence electrons. The SMILES string of the molecule is CCOC(Cc1ccc(OCC=C(C)c2ccc3c(c2)Cc2ccccc2-3)cc1)C(=O)O. The third kappa shape index (κ3) is 4.92. The van der Waals surface area contributed by atoms with Gasteiger partial charge < -0.3 is 14.6 Å². The van der Waals surface area contributed by atoms with Gasteiger partial charge in [0, 0.05) is 13.0 Å². The predicted molar refractivity (Wildman–Crippen MR) is 127 cm³/mol. The van der Waals surface area contributed by atoms with E-state index in [0.717, 1.165) is 17.7 Å². The molecular formula is C28H28O4. The van der Waals surface area contributed by atoms with Gasteiger partial charge in [-0.25, -0.2) is 4.79 Å². The summed E-state index contributed by atoms with van der Waals surface area (Å²) in [7, 11) is 0. The molecule has 3 aromatic rings. The first-order valence-electron chi connectivity index (χ1n) is 11.0. The Bertz CT molecular complexity index is 1130. The van der Waals surface area contributed by atoms with E-state index in [0.29, 0.717) is 19.6 Å². The molecule has 0 amide bonds. The highest BCUT2D eigenvalue weighted by Gasteiger charge is 2.19. The Morgan fingerprint density at radius 2 is 1.78 bits per heavy atom. The van der Waals surface area contributed by atoms with Crippen LogP contribution in [0.3, 0.4) is 0 Å². The maximum Gasteiger partial charge on any atom is 0.333 e. The number of aliphatic carboxylic acids is 1. The summed E-state index contributed by atoms with van der Waals surface area (Å²) in [5, 5.41) is 9.22. The van der Waals surface area contributed by atoms with Crippen LogP contribution in [-0.4, -0.2) is 30.4 Å². The quantitative estimate of drug-likeness (QED) is 0.368. The van der Waals surface area contributed by atoms with Crippen LogP contribution in [0.1, 0.15) is 36.1 Å². The van der Waals surface area contributed by atoms with Crippen LogP contribution >= 0.6 is 0 Å². The number of fused-ring (bicyclic) bond motifs is 3. The summed E-state index contributed by atoms with van der Waals surface area (Å²) >= 11 is 0. The van der Waals surface area contributed by atoms with Crippen LogP contribution in [-0.2, 0) is 22.4 Å². The van der Waals surface area contributed by atoms with E-state index in [2.05, 4.69) is 55.5 Å². The maximum absolute atomic E-state index is 11.2. The molecule has 0 aromatic heterocycles.